The normalized spacial score (nSPS) is 11.1. The van der Waals surface area contributed by atoms with Crippen LogP contribution in [0, 0.1) is 0 Å². The van der Waals surface area contributed by atoms with E-state index < -0.39 is 0 Å². The summed E-state index contributed by atoms with van der Waals surface area (Å²) in [6.07, 6.45) is 0. The second kappa shape index (κ2) is 7.63. The van der Waals surface area contributed by atoms with Crippen molar-refractivity contribution in [3.05, 3.63) is 49.6 Å². The van der Waals surface area contributed by atoms with Gasteiger partial charge in [-0.2, -0.15) is 0 Å². The molecule has 0 atom stereocenters. The molecule has 0 fully saturated rings. The quantitative estimate of drug-likeness (QED) is 0.723. The number of thiophene rings is 1. The van der Waals surface area contributed by atoms with Gasteiger partial charge in [0.1, 0.15) is 0 Å². The van der Waals surface area contributed by atoms with Crippen molar-refractivity contribution in [3.8, 4) is 0 Å². The second-order valence-corrected chi connectivity index (χ2v) is 8.03. The Morgan fingerprint density at radius 3 is 2.62 bits per heavy atom. The molecule has 0 radical (unpaired) electrons. The summed E-state index contributed by atoms with van der Waals surface area (Å²) in [6, 6.07) is 11.0. The van der Waals surface area contributed by atoms with E-state index in [1.54, 1.807) is 11.3 Å². The highest BCUT2D eigenvalue weighted by atomic mass is 79.9. The molecule has 114 valence electrons. The monoisotopic (exact) mass is 386 g/mol. The summed E-state index contributed by atoms with van der Waals surface area (Å²) in [4.78, 5) is 3.50. The first-order chi connectivity index (χ1) is 9.95. The summed E-state index contributed by atoms with van der Waals surface area (Å²) in [6.45, 7) is 6.06. The van der Waals surface area contributed by atoms with Crippen LogP contribution in [0.4, 0.5) is 5.69 Å². The summed E-state index contributed by atoms with van der Waals surface area (Å²) in [7, 11) is 2.10. The fourth-order valence-electron chi connectivity index (χ4n) is 1.99. The lowest BCUT2D eigenvalue weighted by atomic mass is 10.2. The molecule has 0 unspecified atom stereocenters. The summed E-state index contributed by atoms with van der Waals surface area (Å²) in [5, 5.41) is 3.44. The van der Waals surface area contributed by atoms with E-state index in [1.807, 2.05) is 6.07 Å². The average Bonchev–Trinajstić information content (AvgIpc) is 2.82. The Bertz CT molecular complexity index is 598. The third kappa shape index (κ3) is 4.99. The van der Waals surface area contributed by atoms with Crippen molar-refractivity contribution in [1.82, 2.24) is 5.32 Å². The van der Waals surface area contributed by atoms with Gasteiger partial charge < -0.3 is 10.2 Å². The van der Waals surface area contributed by atoms with Crippen LogP contribution in [0.15, 0.2) is 34.8 Å². The minimum atomic E-state index is 0.489. The van der Waals surface area contributed by atoms with E-state index in [0.717, 1.165) is 21.9 Å². The maximum Gasteiger partial charge on any atom is 0.0931 e. The fourth-order valence-corrected chi connectivity index (χ4v) is 3.64. The van der Waals surface area contributed by atoms with Crippen molar-refractivity contribution < 1.29 is 0 Å². The van der Waals surface area contributed by atoms with Crippen molar-refractivity contribution in [3.63, 3.8) is 0 Å². The maximum absolute atomic E-state index is 5.98. The van der Waals surface area contributed by atoms with Crippen LogP contribution in [0.2, 0.25) is 4.34 Å². The van der Waals surface area contributed by atoms with Gasteiger partial charge in [-0.15, -0.1) is 11.3 Å². The van der Waals surface area contributed by atoms with Crippen LogP contribution >= 0.6 is 38.9 Å². The summed E-state index contributed by atoms with van der Waals surface area (Å²) < 4.78 is 1.99. The number of nitrogens with one attached hydrogen (secondary N) is 1. The van der Waals surface area contributed by atoms with Gasteiger partial charge in [0.2, 0.25) is 0 Å². The Morgan fingerprint density at radius 2 is 2.05 bits per heavy atom. The Labute approximate surface area is 144 Å². The summed E-state index contributed by atoms with van der Waals surface area (Å²) in [5.41, 5.74) is 2.47. The fraction of sp³-hybridized carbons (Fsp3) is 0.375. The molecule has 1 aromatic carbocycles. The van der Waals surface area contributed by atoms with Crippen LogP contribution in [0.5, 0.6) is 0 Å². The Kier molecular flexibility index (Phi) is 6.11. The number of hydrogen-bond acceptors (Lipinski definition) is 3. The number of rotatable bonds is 6. The van der Waals surface area contributed by atoms with E-state index in [0.29, 0.717) is 6.04 Å². The van der Waals surface area contributed by atoms with Crippen LogP contribution in [0.3, 0.4) is 0 Å². The van der Waals surface area contributed by atoms with Gasteiger partial charge in [0.15, 0.2) is 0 Å². The first-order valence-corrected chi connectivity index (χ1v) is 8.91. The van der Waals surface area contributed by atoms with E-state index in [1.165, 1.54) is 16.1 Å². The average molecular weight is 388 g/mol. The van der Waals surface area contributed by atoms with Gasteiger partial charge in [-0.3, -0.25) is 0 Å². The Hall–Kier alpha value is -0.550. The lowest BCUT2D eigenvalue weighted by molar-refractivity contribution is 0.588. The van der Waals surface area contributed by atoms with Crippen molar-refractivity contribution >= 4 is 44.6 Å². The molecule has 1 heterocycles. The third-order valence-corrected chi connectivity index (χ3v) is 5.15. The predicted octanol–water partition coefficient (Wildman–Crippen LogP) is 5.30. The molecule has 0 saturated heterocycles. The van der Waals surface area contributed by atoms with Gasteiger partial charge in [-0.05, 0) is 29.8 Å². The molecule has 0 saturated carbocycles. The minimum Gasteiger partial charge on any atom is -0.369 e. The SMILES string of the molecule is CC(C)NCc1ccc(N(C)Cc2ccc(Cl)s2)cc1Br. The number of anilines is 1. The van der Waals surface area contributed by atoms with Crippen molar-refractivity contribution in [2.45, 2.75) is 33.0 Å². The van der Waals surface area contributed by atoms with Crippen LogP contribution in [-0.2, 0) is 13.1 Å². The molecule has 1 N–H and O–H groups in total. The van der Waals surface area contributed by atoms with Gasteiger partial charge in [0.05, 0.1) is 10.9 Å². The molecule has 2 rings (SSSR count). The first-order valence-electron chi connectivity index (χ1n) is 6.93. The second-order valence-electron chi connectivity index (χ2n) is 5.37. The molecule has 0 amide bonds. The van der Waals surface area contributed by atoms with Gasteiger partial charge in [-0.1, -0.05) is 47.4 Å². The van der Waals surface area contributed by atoms with Crippen LogP contribution in [0.1, 0.15) is 24.3 Å². The van der Waals surface area contributed by atoms with Gasteiger partial charge >= 0.3 is 0 Å². The van der Waals surface area contributed by atoms with E-state index in [2.05, 4.69) is 71.3 Å². The van der Waals surface area contributed by atoms with Gasteiger partial charge in [0.25, 0.3) is 0 Å². The van der Waals surface area contributed by atoms with Crippen molar-refractivity contribution in [2.75, 3.05) is 11.9 Å². The van der Waals surface area contributed by atoms with Crippen LogP contribution < -0.4 is 10.2 Å². The topological polar surface area (TPSA) is 15.3 Å². The number of benzene rings is 1. The molecule has 0 aliphatic rings. The molecule has 0 aliphatic carbocycles. The van der Waals surface area contributed by atoms with E-state index in [9.17, 15) is 0 Å². The molecule has 1 aromatic heterocycles. The molecule has 0 bridgehead atoms. The summed E-state index contributed by atoms with van der Waals surface area (Å²) in [5.74, 6) is 0. The first kappa shape index (κ1) is 16.8. The van der Waals surface area contributed by atoms with E-state index in [4.69, 9.17) is 11.6 Å². The highest BCUT2D eigenvalue weighted by Gasteiger charge is 2.08. The number of halogens is 2. The predicted molar refractivity (Wildman–Crippen MR) is 97.6 cm³/mol. The zero-order valence-electron chi connectivity index (χ0n) is 12.5. The lowest BCUT2D eigenvalue weighted by Crippen LogP contribution is -2.22. The summed E-state index contributed by atoms with van der Waals surface area (Å²) >= 11 is 11.3. The van der Waals surface area contributed by atoms with E-state index in [-0.39, 0.29) is 0 Å². The van der Waals surface area contributed by atoms with Crippen LogP contribution in [-0.4, -0.2) is 13.1 Å². The zero-order chi connectivity index (χ0) is 15.4. The van der Waals surface area contributed by atoms with Crippen molar-refractivity contribution in [1.29, 1.82) is 0 Å². The lowest BCUT2D eigenvalue weighted by Gasteiger charge is -2.20. The standard InChI is InChI=1S/C16H20BrClN2S/c1-11(2)19-9-12-4-5-13(8-15(12)17)20(3)10-14-6-7-16(18)21-14/h4-8,11,19H,9-10H2,1-3H3. The molecular weight excluding hydrogens is 368 g/mol. The maximum atomic E-state index is 5.98. The third-order valence-electron chi connectivity index (χ3n) is 3.20. The largest absolute Gasteiger partial charge is 0.369 e. The molecule has 0 spiro atoms. The Morgan fingerprint density at radius 1 is 1.29 bits per heavy atom. The number of hydrogen-bond donors (Lipinski definition) is 1. The minimum absolute atomic E-state index is 0.489. The highest BCUT2D eigenvalue weighted by molar-refractivity contribution is 9.10. The molecule has 21 heavy (non-hydrogen) atoms. The molecule has 2 nitrogen and oxygen atoms in total. The van der Waals surface area contributed by atoms with E-state index >= 15 is 0 Å². The molecule has 5 heteroatoms. The van der Waals surface area contributed by atoms with Gasteiger partial charge in [0, 0.05) is 34.7 Å². The van der Waals surface area contributed by atoms with Crippen molar-refractivity contribution in [2.24, 2.45) is 0 Å². The molecule has 0 aliphatic heterocycles. The Balaban J connectivity index is 2.04. The molecular formula is C16H20BrClN2S. The zero-order valence-corrected chi connectivity index (χ0v) is 15.6. The van der Waals surface area contributed by atoms with Crippen LogP contribution in [0.25, 0.3) is 0 Å². The van der Waals surface area contributed by atoms with Gasteiger partial charge in [-0.25, -0.2) is 0 Å². The molecule has 2 aromatic rings. The highest BCUT2D eigenvalue weighted by Crippen LogP contribution is 2.27. The smallest absolute Gasteiger partial charge is 0.0931 e. The number of nitrogens with zero attached hydrogens (tertiary/aromatic N) is 1.